The molecule has 1 N–H and O–H groups in total. The van der Waals surface area contributed by atoms with Crippen molar-refractivity contribution in [3.05, 3.63) is 29.6 Å². The van der Waals surface area contributed by atoms with Gasteiger partial charge in [0, 0.05) is 13.1 Å². The van der Waals surface area contributed by atoms with E-state index in [2.05, 4.69) is 0 Å². The lowest BCUT2D eigenvalue weighted by Crippen LogP contribution is -2.28. The lowest BCUT2D eigenvalue weighted by molar-refractivity contribution is 0.0788. The molecule has 0 aliphatic carbocycles. The molecule has 0 radical (unpaired) electrons. The Kier molecular flexibility index (Phi) is 3.54. The Morgan fingerprint density at radius 3 is 2.59 bits per heavy atom. The minimum atomic E-state index is -2.20. The highest BCUT2D eigenvalue weighted by atomic mass is 32.2. The molecule has 92 valence electrons. The van der Waals surface area contributed by atoms with E-state index in [1.165, 1.54) is 6.07 Å². The Morgan fingerprint density at radius 1 is 1.35 bits per heavy atom. The molecule has 4 nitrogen and oxygen atoms in total. The van der Waals surface area contributed by atoms with Crippen molar-refractivity contribution in [3.63, 3.8) is 0 Å². The monoisotopic (exact) mass is 257 g/mol. The number of carbonyl (C=O) groups is 1. The summed E-state index contributed by atoms with van der Waals surface area (Å²) in [5.74, 6) is -1.07. The fourth-order valence-electron chi connectivity index (χ4n) is 1.87. The predicted molar refractivity (Wildman–Crippen MR) is 60.6 cm³/mol. The Morgan fingerprint density at radius 2 is 2.00 bits per heavy atom. The molecule has 0 aromatic heterocycles. The van der Waals surface area contributed by atoms with E-state index in [0.29, 0.717) is 13.1 Å². The zero-order chi connectivity index (χ0) is 12.4. The summed E-state index contributed by atoms with van der Waals surface area (Å²) in [6.07, 6.45) is 1.83. The van der Waals surface area contributed by atoms with Crippen LogP contribution in [0.4, 0.5) is 4.39 Å². The molecule has 6 heteroatoms. The first kappa shape index (κ1) is 12.2. The highest BCUT2D eigenvalue weighted by Gasteiger charge is 2.22. The Bertz CT molecular complexity index is 472. The van der Waals surface area contributed by atoms with Gasteiger partial charge < -0.3 is 9.45 Å². The minimum absolute atomic E-state index is 0.0361. The Hall–Kier alpha value is -1.27. The van der Waals surface area contributed by atoms with Crippen molar-refractivity contribution in [2.24, 2.45) is 0 Å². The van der Waals surface area contributed by atoms with Gasteiger partial charge in [0.05, 0.1) is 10.5 Å². The van der Waals surface area contributed by atoms with Crippen molar-refractivity contribution in [1.29, 1.82) is 0 Å². The maximum absolute atomic E-state index is 13.5. The van der Waals surface area contributed by atoms with Crippen molar-refractivity contribution in [2.45, 2.75) is 17.7 Å². The van der Waals surface area contributed by atoms with Gasteiger partial charge in [-0.3, -0.25) is 4.79 Å². The number of likely N-dealkylation sites (tertiary alicyclic amines) is 1. The van der Waals surface area contributed by atoms with E-state index in [9.17, 15) is 13.4 Å². The fourth-order valence-corrected chi connectivity index (χ4v) is 2.27. The normalized spacial score (nSPS) is 17.2. The number of amides is 1. The van der Waals surface area contributed by atoms with E-state index in [1.54, 1.807) is 4.90 Å². The lowest BCUT2D eigenvalue weighted by atomic mass is 10.2. The first-order valence-electron chi connectivity index (χ1n) is 5.29. The van der Waals surface area contributed by atoms with Crippen molar-refractivity contribution in [1.82, 2.24) is 4.90 Å². The molecule has 1 heterocycles. The molecule has 1 unspecified atom stereocenters. The largest absolute Gasteiger partial charge is 0.339 e. The van der Waals surface area contributed by atoms with Crippen LogP contribution in [-0.2, 0) is 11.1 Å². The van der Waals surface area contributed by atoms with E-state index in [4.69, 9.17) is 4.55 Å². The van der Waals surface area contributed by atoms with Crippen molar-refractivity contribution in [3.8, 4) is 0 Å². The molecule has 2 rings (SSSR count). The van der Waals surface area contributed by atoms with E-state index in [-0.39, 0.29) is 10.5 Å². The van der Waals surface area contributed by atoms with Crippen LogP contribution in [0.2, 0.25) is 0 Å². The minimum Gasteiger partial charge on any atom is -0.339 e. The zero-order valence-corrected chi connectivity index (χ0v) is 9.87. The Balaban J connectivity index is 2.32. The number of halogens is 1. The van der Waals surface area contributed by atoms with Crippen LogP contribution >= 0.6 is 0 Å². The average molecular weight is 257 g/mol. The third kappa shape index (κ3) is 2.53. The molecule has 1 amide bonds. The van der Waals surface area contributed by atoms with Gasteiger partial charge in [0.15, 0.2) is 11.1 Å². The lowest BCUT2D eigenvalue weighted by Gasteiger charge is -2.15. The molecule has 0 bridgehead atoms. The summed E-state index contributed by atoms with van der Waals surface area (Å²) < 4.78 is 33.3. The van der Waals surface area contributed by atoms with E-state index < -0.39 is 22.8 Å². The first-order chi connectivity index (χ1) is 8.09. The van der Waals surface area contributed by atoms with Crippen LogP contribution in [0.5, 0.6) is 0 Å². The van der Waals surface area contributed by atoms with Crippen LogP contribution in [0.1, 0.15) is 23.2 Å². The van der Waals surface area contributed by atoms with Gasteiger partial charge in [0.25, 0.3) is 5.91 Å². The molecule has 1 saturated heterocycles. The standard InChI is InChI=1S/C11H12FNO3S/c12-10-4-3-8(17(15)16)7-9(10)11(14)13-5-1-2-6-13/h3-4,7H,1-2,5-6H2,(H,15,16). The van der Waals surface area contributed by atoms with Crippen LogP contribution in [0, 0.1) is 5.82 Å². The van der Waals surface area contributed by atoms with Crippen LogP contribution < -0.4 is 0 Å². The third-order valence-corrected chi connectivity index (χ3v) is 3.42. The second-order valence-corrected chi connectivity index (χ2v) is 4.86. The number of benzene rings is 1. The predicted octanol–water partition coefficient (Wildman–Crippen LogP) is 1.64. The highest BCUT2D eigenvalue weighted by Crippen LogP contribution is 2.18. The van der Waals surface area contributed by atoms with Gasteiger partial charge in [-0.1, -0.05) is 0 Å². The molecule has 1 aliphatic rings. The second kappa shape index (κ2) is 4.93. The Labute approximate surface area is 101 Å². The topological polar surface area (TPSA) is 57.6 Å². The smallest absolute Gasteiger partial charge is 0.256 e. The maximum Gasteiger partial charge on any atom is 0.256 e. The molecular weight excluding hydrogens is 245 g/mol. The first-order valence-corrected chi connectivity index (χ1v) is 6.40. The van der Waals surface area contributed by atoms with Crippen LogP contribution in [-0.4, -0.2) is 32.7 Å². The van der Waals surface area contributed by atoms with E-state index >= 15 is 0 Å². The third-order valence-electron chi connectivity index (χ3n) is 2.76. The number of rotatable bonds is 2. The summed E-state index contributed by atoms with van der Waals surface area (Å²) in [6.45, 7) is 1.23. The average Bonchev–Trinajstić information content (AvgIpc) is 2.81. The molecule has 0 saturated carbocycles. The second-order valence-electron chi connectivity index (χ2n) is 3.89. The fraction of sp³-hybridized carbons (Fsp3) is 0.364. The molecular formula is C11H12FNO3S. The van der Waals surface area contributed by atoms with Gasteiger partial charge in [-0.15, -0.1) is 0 Å². The summed E-state index contributed by atoms with van der Waals surface area (Å²) in [6, 6.07) is 3.39. The summed E-state index contributed by atoms with van der Waals surface area (Å²) in [5, 5.41) is 0. The number of hydrogen-bond donors (Lipinski definition) is 1. The molecule has 1 aromatic rings. The van der Waals surface area contributed by atoms with Crippen LogP contribution in [0.15, 0.2) is 23.1 Å². The van der Waals surface area contributed by atoms with Crippen molar-refractivity contribution >= 4 is 17.0 Å². The van der Waals surface area contributed by atoms with Crippen LogP contribution in [0.3, 0.4) is 0 Å². The summed E-state index contributed by atoms with van der Waals surface area (Å²) in [5.41, 5.74) is -0.133. The van der Waals surface area contributed by atoms with Gasteiger partial charge in [-0.25, -0.2) is 8.60 Å². The quantitative estimate of drug-likeness (QED) is 0.819. The molecule has 1 aromatic carbocycles. The molecule has 17 heavy (non-hydrogen) atoms. The van der Waals surface area contributed by atoms with Crippen molar-refractivity contribution in [2.75, 3.05) is 13.1 Å². The van der Waals surface area contributed by atoms with E-state index in [0.717, 1.165) is 25.0 Å². The van der Waals surface area contributed by atoms with Gasteiger partial charge >= 0.3 is 0 Å². The summed E-state index contributed by atoms with van der Waals surface area (Å²) in [7, 11) is 0. The summed E-state index contributed by atoms with van der Waals surface area (Å²) >= 11 is -2.20. The molecule has 1 aliphatic heterocycles. The SMILES string of the molecule is O=C(c1cc(S(=O)O)ccc1F)N1CCCC1. The van der Waals surface area contributed by atoms with E-state index in [1.807, 2.05) is 0 Å². The maximum atomic E-state index is 13.5. The highest BCUT2D eigenvalue weighted by molar-refractivity contribution is 7.79. The molecule has 1 fully saturated rings. The molecule has 0 spiro atoms. The van der Waals surface area contributed by atoms with Crippen LogP contribution in [0.25, 0.3) is 0 Å². The summed E-state index contributed by atoms with van der Waals surface area (Å²) in [4.78, 5) is 13.5. The van der Waals surface area contributed by atoms with Crippen molar-refractivity contribution < 1.29 is 17.9 Å². The van der Waals surface area contributed by atoms with Gasteiger partial charge in [-0.05, 0) is 31.0 Å². The zero-order valence-electron chi connectivity index (χ0n) is 9.06. The molecule has 1 atom stereocenters. The number of carbonyl (C=O) groups excluding carboxylic acids is 1. The number of nitrogens with zero attached hydrogens (tertiary/aromatic N) is 1. The number of hydrogen-bond acceptors (Lipinski definition) is 2. The van der Waals surface area contributed by atoms with Gasteiger partial charge in [0.1, 0.15) is 5.82 Å². The van der Waals surface area contributed by atoms with Gasteiger partial charge in [-0.2, -0.15) is 0 Å². The van der Waals surface area contributed by atoms with Gasteiger partial charge in [0.2, 0.25) is 0 Å².